The van der Waals surface area contributed by atoms with Crippen LogP contribution in [0.2, 0.25) is 0 Å². The van der Waals surface area contributed by atoms with Gasteiger partial charge in [0.1, 0.15) is 0 Å². The Balaban J connectivity index is 1.18. The molecule has 2 fully saturated rings. The van der Waals surface area contributed by atoms with E-state index in [4.69, 9.17) is 0 Å². The number of H-pyrrole nitrogens is 1. The molecule has 2 aliphatic heterocycles. The molecular formula is C31H40N4O4S. The van der Waals surface area contributed by atoms with Crippen molar-refractivity contribution in [1.82, 2.24) is 19.5 Å². The van der Waals surface area contributed by atoms with Crippen molar-refractivity contribution in [3.63, 3.8) is 0 Å². The number of sulfonamides is 1. The molecule has 1 amide bonds. The molecule has 1 atom stereocenters. The van der Waals surface area contributed by atoms with E-state index in [1.807, 2.05) is 6.92 Å². The smallest absolute Gasteiger partial charge is 0.252 e. The highest BCUT2D eigenvalue weighted by Gasteiger charge is 2.31. The summed E-state index contributed by atoms with van der Waals surface area (Å²) in [6.07, 6.45) is 6.99. The number of nitrogens with one attached hydrogen (secondary N) is 2. The van der Waals surface area contributed by atoms with Crippen LogP contribution in [0.3, 0.4) is 0 Å². The van der Waals surface area contributed by atoms with Gasteiger partial charge in [-0.25, -0.2) is 8.42 Å². The molecule has 0 saturated carbocycles. The summed E-state index contributed by atoms with van der Waals surface area (Å²) >= 11 is 0. The lowest BCUT2D eigenvalue weighted by atomic mass is 9.90. The van der Waals surface area contributed by atoms with Crippen molar-refractivity contribution in [2.75, 3.05) is 32.7 Å². The Labute approximate surface area is 236 Å². The van der Waals surface area contributed by atoms with Gasteiger partial charge in [0.2, 0.25) is 15.6 Å². The average molecular weight is 565 g/mol. The van der Waals surface area contributed by atoms with Gasteiger partial charge in [-0.2, -0.15) is 4.31 Å². The molecule has 0 bridgehead atoms. The Hall–Kier alpha value is -3.01. The molecule has 9 heteroatoms. The second-order valence-electron chi connectivity index (χ2n) is 11.3. The summed E-state index contributed by atoms with van der Waals surface area (Å²) in [5, 5.41) is 3.38. The molecule has 3 heterocycles. The van der Waals surface area contributed by atoms with Crippen molar-refractivity contribution in [1.29, 1.82) is 0 Å². The molecule has 0 unspecified atom stereocenters. The molecule has 0 radical (unpaired) electrons. The molecule has 0 spiro atoms. The summed E-state index contributed by atoms with van der Waals surface area (Å²) in [4.78, 5) is 30.8. The van der Waals surface area contributed by atoms with E-state index in [9.17, 15) is 18.0 Å². The van der Waals surface area contributed by atoms with E-state index in [-0.39, 0.29) is 22.4 Å². The van der Waals surface area contributed by atoms with Gasteiger partial charge < -0.3 is 15.2 Å². The number of aromatic nitrogens is 1. The van der Waals surface area contributed by atoms with Crippen LogP contribution in [-0.2, 0) is 16.4 Å². The number of piperidine rings is 2. The molecule has 8 nitrogen and oxygen atoms in total. The monoisotopic (exact) mass is 564 g/mol. The standard InChI is InChI=1S/C31H40N4O4S/c1-23-8-5-6-17-35(23)40(38,39)26-11-12-29-27(21-26)28(22-30(36)33-29)31(37)32-15-7-16-34-18-13-25(14-19-34)20-24-9-3-2-4-10-24/h2-4,9-12,21-23,25H,5-8,13-20H2,1H3,(H,32,37)(H,33,36)/t23-/m1/s1. The minimum atomic E-state index is -3.71. The molecular weight excluding hydrogens is 524 g/mol. The number of likely N-dealkylation sites (tertiary alicyclic amines) is 1. The number of amides is 1. The largest absolute Gasteiger partial charge is 0.352 e. The first-order chi connectivity index (χ1) is 19.3. The van der Waals surface area contributed by atoms with Gasteiger partial charge >= 0.3 is 0 Å². The first kappa shape index (κ1) is 28.5. The molecule has 2 N–H and O–H groups in total. The number of carbonyl (C=O) groups excluding carboxylic acids is 1. The molecule has 2 saturated heterocycles. The van der Waals surface area contributed by atoms with Gasteiger partial charge in [0, 0.05) is 36.1 Å². The number of aromatic amines is 1. The van der Waals surface area contributed by atoms with Crippen molar-refractivity contribution < 1.29 is 13.2 Å². The molecule has 40 heavy (non-hydrogen) atoms. The first-order valence-electron chi connectivity index (χ1n) is 14.5. The SMILES string of the molecule is C[C@@H]1CCCCN1S(=O)(=O)c1ccc2[nH]c(=O)cc(C(=O)NCCCN3CCC(Cc4ccccc4)CC3)c2c1. The fraction of sp³-hybridized carbons (Fsp3) is 0.484. The average Bonchev–Trinajstić information content (AvgIpc) is 2.96. The third-order valence-corrected chi connectivity index (χ3v) is 10.4. The molecule has 3 aromatic rings. The minimum Gasteiger partial charge on any atom is -0.352 e. The van der Waals surface area contributed by atoms with Crippen LogP contribution in [0.5, 0.6) is 0 Å². The number of pyridine rings is 1. The lowest BCUT2D eigenvalue weighted by Gasteiger charge is -2.32. The summed E-state index contributed by atoms with van der Waals surface area (Å²) in [5.41, 5.74) is 1.66. The second-order valence-corrected chi connectivity index (χ2v) is 13.2. The third kappa shape index (κ3) is 6.65. The maximum atomic E-state index is 13.4. The maximum Gasteiger partial charge on any atom is 0.252 e. The lowest BCUT2D eigenvalue weighted by molar-refractivity contribution is 0.0952. The highest BCUT2D eigenvalue weighted by Crippen LogP contribution is 2.28. The van der Waals surface area contributed by atoms with E-state index in [1.54, 1.807) is 10.4 Å². The quantitative estimate of drug-likeness (QED) is 0.380. The number of hydrogen-bond acceptors (Lipinski definition) is 5. The van der Waals surface area contributed by atoms with Gasteiger partial charge in [-0.05, 0) is 94.8 Å². The van der Waals surface area contributed by atoms with Crippen LogP contribution in [0.1, 0.15) is 61.4 Å². The van der Waals surface area contributed by atoms with Crippen LogP contribution >= 0.6 is 0 Å². The van der Waals surface area contributed by atoms with E-state index >= 15 is 0 Å². The number of nitrogens with zero attached hydrogens (tertiary/aromatic N) is 2. The molecule has 214 valence electrons. The van der Waals surface area contributed by atoms with Crippen LogP contribution in [0.4, 0.5) is 0 Å². The summed E-state index contributed by atoms with van der Waals surface area (Å²) < 4.78 is 28.4. The zero-order valence-corrected chi connectivity index (χ0v) is 24.1. The van der Waals surface area contributed by atoms with Gasteiger partial charge in [0.05, 0.1) is 10.5 Å². The predicted octanol–water partition coefficient (Wildman–Crippen LogP) is 4.17. The van der Waals surface area contributed by atoms with Crippen molar-refractivity contribution in [2.24, 2.45) is 5.92 Å². The minimum absolute atomic E-state index is 0.0672. The normalized spacial score (nSPS) is 19.6. The topological polar surface area (TPSA) is 103 Å². The van der Waals surface area contributed by atoms with E-state index in [0.29, 0.717) is 24.0 Å². The van der Waals surface area contributed by atoms with Crippen LogP contribution in [0, 0.1) is 5.92 Å². The highest BCUT2D eigenvalue weighted by molar-refractivity contribution is 7.89. The number of hydrogen-bond donors (Lipinski definition) is 2. The zero-order chi connectivity index (χ0) is 28.1. The van der Waals surface area contributed by atoms with Gasteiger partial charge in [-0.3, -0.25) is 9.59 Å². The molecule has 0 aliphatic carbocycles. The lowest BCUT2D eigenvalue weighted by Crippen LogP contribution is -2.41. The van der Waals surface area contributed by atoms with Crippen LogP contribution in [0.25, 0.3) is 10.9 Å². The zero-order valence-electron chi connectivity index (χ0n) is 23.3. The summed E-state index contributed by atoms with van der Waals surface area (Å²) in [5.74, 6) is 0.355. The van der Waals surface area contributed by atoms with E-state index in [1.165, 1.54) is 36.6 Å². The molecule has 2 aromatic carbocycles. The Morgan fingerprint density at radius 1 is 1.00 bits per heavy atom. The fourth-order valence-corrected chi connectivity index (χ4v) is 7.83. The van der Waals surface area contributed by atoms with Crippen LogP contribution < -0.4 is 10.9 Å². The third-order valence-electron chi connectivity index (χ3n) is 8.42. The molecule has 2 aliphatic rings. The fourth-order valence-electron chi connectivity index (χ4n) is 6.11. The molecule has 1 aromatic heterocycles. The van der Waals surface area contributed by atoms with Crippen LogP contribution in [-0.4, -0.2) is 67.3 Å². The Morgan fingerprint density at radius 3 is 2.52 bits per heavy atom. The number of benzene rings is 2. The van der Waals surface area contributed by atoms with Gasteiger partial charge in [0.15, 0.2) is 0 Å². The molecule has 5 rings (SSSR count). The van der Waals surface area contributed by atoms with Gasteiger partial charge in [-0.15, -0.1) is 0 Å². The van der Waals surface area contributed by atoms with Crippen molar-refractivity contribution in [3.05, 3.63) is 76.1 Å². The first-order valence-corrected chi connectivity index (χ1v) is 16.0. The van der Waals surface area contributed by atoms with E-state index in [0.717, 1.165) is 57.7 Å². The summed E-state index contributed by atoms with van der Waals surface area (Å²) in [6, 6.07) is 16.5. The van der Waals surface area contributed by atoms with Crippen molar-refractivity contribution in [2.45, 2.75) is 62.8 Å². The number of rotatable bonds is 9. The predicted molar refractivity (Wildman–Crippen MR) is 158 cm³/mol. The van der Waals surface area contributed by atoms with Crippen molar-refractivity contribution >= 4 is 26.8 Å². The highest BCUT2D eigenvalue weighted by atomic mass is 32.2. The number of carbonyl (C=O) groups is 1. The Bertz CT molecular complexity index is 1480. The Kier molecular flexibility index (Phi) is 9.03. The Morgan fingerprint density at radius 2 is 1.77 bits per heavy atom. The maximum absolute atomic E-state index is 13.4. The summed E-state index contributed by atoms with van der Waals surface area (Å²) in [7, 11) is -3.71. The van der Waals surface area contributed by atoms with Crippen molar-refractivity contribution in [3.8, 4) is 0 Å². The number of fused-ring (bicyclic) bond motifs is 1. The van der Waals surface area contributed by atoms with E-state index < -0.39 is 15.6 Å². The summed E-state index contributed by atoms with van der Waals surface area (Å²) in [6.45, 7) is 5.95. The second kappa shape index (κ2) is 12.7. The van der Waals surface area contributed by atoms with Gasteiger partial charge in [0.25, 0.3) is 5.91 Å². The van der Waals surface area contributed by atoms with Crippen LogP contribution in [0.15, 0.2) is 64.3 Å². The van der Waals surface area contributed by atoms with E-state index in [2.05, 4.69) is 45.5 Å². The van der Waals surface area contributed by atoms with Gasteiger partial charge in [-0.1, -0.05) is 36.8 Å².